The molecule has 2 aromatic carbocycles. The standard InChI is InChI=1S/C22H29ClN2O5S/c1-5-6-7-12-24-22(26)15-25(17-9-11-19(29-3)18(23)14-17)31(27,28)21-13-16(2)8-10-20(21)30-4/h8-11,13-14H,5-7,12,15H2,1-4H3,(H,24,26). The van der Waals surface area contributed by atoms with Crippen LogP contribution in [0.1, 0.15) is 31.7 Å². The number of hydrogen-bond donors (Lipinski definition) is 1. The fraction of sp³-hybridized carbons (Fsp3) is 0.409. The normalized spacial score (nSPS) is 11.1. The van der Waals surface area contributed by atoms with Crippen LogP contribution in [0.25, 0.3) is 0 Å². The Hall–Kier alpha value is -2.45. The van der Waals surface area contributed by atoms with Gasteiger partial charge in [0.2, 0.25) is 5.91 Å². The van der Waals surface area contributed by atoms with Crippen molar-refractivity contribution in [2.24, 2.45) is 0 Å². The van der Waals surface area contributed by atoms with Gasteiger partial charge in [-0.1, -0.05) is 37.4 Å². The van der Waals surface area contributed by atoms with Crippen LogP contribution in [0, 0.1) is 6.92 Å². The summed E-state index contributed by atoms with van der Waals surface area (Å²) in [6.45, 7) is 3.94. The third-order valence-electron chi connectivity index (χ3n) is 4.70. The second-order valence-corrected chi connectivity index (χ2v) is 9.28. The Morgan fingerprint density at radius 1 is 1.06 bits per heavy atom. The number of unbranched alkanes of at least 4 members (excludes halogenated alkanes) is 2. The van der Waals surface area contributed by atoms with E-state index in [4.69, 9.17) is 21.1 Å². The van der Waals surface area contributed by atoms with Gasteiger partial charge < -0.3 is 14.8 Å². The number of halogens is 1. The minimum absolute atomic E-state index is 0.0271. The molecule has 0 fully saturated rings. The third kappa shape index (κ3) is 6.27. The molecule has 0 saturated carbocycles. The van der Waals surface area contributed by atoms with Crippen molar-refractivity contribution in [2.45, 2.75) is 38.0 Å². The van der Waals surface area contributed by atoms with Crippen LogP contribution in [-0.4, -0.2) is 41.6 Å². The van der Waals surface area contributed by atoms with Gasteiger partial charge >= 0.3 is 0 Å². The lowest BCUT2D eigenvalue weighted by Crippen LogP contribution is -2.41. The minimum atomic E-state index is -4.14. The Morgan fingerprint density at radius 3 is 2.35 bits per heavy atom. The number of nitrogens with one attached hydrogen (secondary N) is 1. The highest BCUT2D eigenvalue weighted by atomic mass is 35.5. The average Bonchev–Trinajstić information content (AvgIpc) is 2.75. The van der Waals surface area contributed by atoms with E-state index in [9.17, 15) is 13.2 Å². The molecule has 0 aliphatic rings. The molecule has 1 N–H and O–H groups in total. The molecule has 0 atom stereocenters. The number of aryl methyl sites for hydroxylation is 1. The van der Waals surface area contributed by atoms with Crippen molar-refractivity contribution in [1.29, 1.82) is 0 Å². The highest BCUT2D eigenvalue weighted by molar-refractivity contribution is 7.93. The Bertz CT molecular complexity index is 1010. The van der Waals surface area contributed by atoms with E-state index in [2.05, 4.69) is 12.2 Å². The molecule has 0 heterocycles. The van der Waals surface area contributed by atoms with Crippen LogP contribution < -0.4 is 19.1 Å². The lowest BCUT2D eigenvalue weighted by atomic mass is 10.2. The zero-order valence-corrected chi connectivity index (χ0v) is 19.8. The van der Waals surface area contributed by atoms with Crippen LogP contribution in [0.3, 0.4) is 0 Å². The van der Waals surface area contributed by atoms with Crippen molar-refractivity contribution in [1.82, 2.24) is 5.32 Å². The zero-order chi connectivity index (χ0) is 23.0. The van der Waals surface area contributed by atoms with E-state index in [1.54, 1.807) is 31.2 Å². The summed E-state index contributed by atoms with van der Waals surface area (Å²) in [6.07, 6.45) is 2.83. The lowest BCUT2D eigenvalue weighted by molar-refractivity contribution is -0.119. The molecule has 0 saturated heterocycles. The number of ether oxygens (including phenoxy) is 2. The summed E-state index contributed by atoms with van der Waals surface area (Å²) in [5.74, 6) is 0.191. The number of nitrogens with zero attached hydrogens (tertiary/aromatic N) is 1. The molecular weight excluding hydrogens is 440 g/mol. The van der Waals surface area contributed by atoms with Crippen LogP contribution in [0.2, 0.25) is 5.02 Å². The SMILES string of the molecule is CCCCCNC(=O)CN(c1ccc(OC)c(Cl)c1)S(=O)(=O)c1cc(C)ccc1OC. The smallest absolute Gasteiger partial charge is 0.268 e. The maximum absolute atomic E-state index is 13.6. The summed E-state index contributed by atoms with van der Waals surface area (Å²) in [4.78, 5) is 12.6. The summed E-state index contributed by atoms with van der Waals surface area (Å²) in [7, 11) is -1.27. The number of hydrogen-bond acceptors (Lipinski definition) is 5. The molecule has 0 aromatic heterocycles. The number of methoxy groups -OCH3 is 2. The maximum atomic E-state index is 13.6. The third-order valence-corrected chi connectivity index (χ3v) is 6.79. The summed E-state index contributed by atoms with van der Waals surface area (Å²) in [6, 6.07) is 9.44. The van der Waals surface area contributed by atoms with Gasteiger partial charge in [0, 0.05) is 6.54 Å². The summed E-state index contributed by atoms with van der Waals surface area (Å²) >= 11 is 6.24. The van der Waals surface area contributed by atoms with Crippen molar-refractivity contribution in [3.8, 4) is 11.5 Å². The van der Waals surface area contributed by atoms with Crippen LogP contribution in [0.4, 0.5) is 5.69 Å². The van der Waals surface area contributed by atoms with Gasteiger partial charge in [0.25, 0.3) is 10.0 Å². The Balaban J connectivity index is 2.47. The van der Waals surface area contributed by atoms with Crippen molar-refractivity contribution >= 4 is 33.2 Å². The van der Waals surface area contributed by atoms with E-state index in [1.807, 2.05) is 0 Å². The molecule has 0 radical (unpaired) electrons. The average molecular weight is 469 g/mol. The van der Waals surface area contributed by atoms with Gasteiger partial charge in [-0.05, 0) is 49.2 Å². The number of amides is 1. The molecular formula is C22H29ClN2O5S. The first kappa shape index (κ1) is 24.8. The molecule has 0 aliphatic carbocycles. The molecule has 0 aliphatic heterocycles. The molecule has 170 valence electrons. The molecule has 0 spiro atoms. The summed E-state index contributed by atoms with van der Waals surface area (Å²) in [5, 5.41) is 3.02. The molecule has 2 rings (SSSR count). The van der Waals surface area contributed by atoms with Gasteiger partial charge in [-0.2, -0.15) is 0 Å². The highest BCUT2D eigenvalue weighted by Crippen LogP contribution is 2.34. The first-order valence-electron chi connectivity index (χ1n) is 10.0. The van der Waals surface area contributed by atoms with Crippen LogP contribution in [0.15, 0.2) is 41.3 Å². The van der Waals surface area contributed by atoms with Crippen molar-refractivity contribution in [3.63, 3.8) is 0 Å². The first-order chi connectivity index (χ1) is 14.7. The molecule has 1 amide bonds. The number of carbonyl (C=O) groups is 1. The van der Waals surface area contributed by atoms with E-state index in [0.717, 1.165) is 29.1 Å². The topological polar surface area (TPSA) is 84.9 Å². The van der Waals surface area contributed by atoms with Gasteiger partial charge in [-0.25, -0.2) is 8.42 Å². The van der Waals surface area contributed by atoms with Crippen LogP contribution in [-0.2, 0) is 14.8 Å². The zero-order valence-electron chi connectivity index (χ0n) is 18.3. The molecule has 0 unspecified atom stereocenters. The van der Waals surface area contributed by atoms with E-state index in [0.29, 0.717) is 12.3 Å². The predicted octanol–water partition coefficient (Wildman–Crippen LogP) is 4.17. The van der Waals surface area contributed by atoms with Crippen molar-refractivity contribution in [3.05, 3.63) is 47.0 Å². The minimum Gasteiger partial charge on any atom is -0.495 e. The van der Waals surface area contributed by atoms with E-state index >= 15 is 0 Å². The molecule has 9 heteroatoms. The number of anilines is 1. The van der Waals surface area contributed by atoms with Gasteiger partial charge in [0.15, 0.2) is 0 Å². The van der Waals surface area contributed by atoms with Crippen LogP contribution >= 0.6 is 11.6 Å². The van der Waals surface area contributed by atoms with Crippen molar-refractivity contribution in [2.75, 3.05) is 31.6 Å². The summed E-state index contributed by atoms with van der Waals surface area (Å²) in [5.41, 5.74) is 0.995. The Morgan fingerprint density at radius 2 is 1.74 bits per heavy atom. The van der Waals surface area contributed by atoms with Crippen LogP contribution in [0.5, 0.6) is 11.5 Å². The fourth-order valence-corrected chi connectivity index (χ4v) is 4.93. The molecule has 7 nitrogen and oxygen atoms in total. The first-order valence-corrected chi connectivity index (χ1v) is 11.8. The lowest BCUT2D eigenvalue weighted by Gasteiger charge is -2.25. The second kappa shape index (κ2) is 11.2. The number of benzene rings is 2. The number of sulfonamides is 1. The van der Waals surface area contributed by atoms with Gasteiger partial charge in [-0.3, -0.25) is 9.10 Å². The molecule has 31 heavy (non-hydrogen) atoms. The number of carbonyl (C=O) groups excluding carboxylic acids is 1. The maximum Gasteiger partial charge on any atom is 0.268 e. The second-order valence-electron chi connectivity index (χ2n) is 7.04. The predicted molar refractivity (Wildman–Crippen MR) is 123 cm³/mol. The largest absolute Gasteiger partial charge is 0.495 e. The molecule has 2 aromatic rings. The molecule has 0 bridgehead atoms. The van der Waals surface area contributed by atoms with Gasteiger partial charge in [0.05, 0.1) is 24.9 Å². The van der Waals surface area contributed by atoms with Gasteiger partial charge in [0.1, 0.15) is 22.9 Å². The Labute approximate surface area is 189 Å². The van der Waals surface area contributed by atoms with Gasteiger partial charge in [-0.15, -0.1) is 0 Å². The quantitative estimate of drug-likeness (QED) is 0.500. The highest BCUT2D eigenvalue weighted by Gasteiger charge is 2.30. The van der Waals surface area contributed by atoms with E-state index in [-0.39, 0.29) is 21.4 Å². The fourth-order valence-electron chi connectivity index (χ4n) is 3.02. The van der Waals surface area contributed by atoms with Crippen molar-refractivity contribution < 1.29 is 22.7 Å². The Kier molecular flexibility index (Phi) is 9.00. The van der Waals surface area contributed by atoms with E-state index in [1.165, 1.54) is 26.4 Å². The van der Waals surface area contributed by atoms with E-state index < -0.39 is 22.5 Å². The number of rotatable bonds is 11. The summed E-state index contributed by atoms with van der Waals surface area (Å²) < 4.78 is 38.7. The monoisotopic (exact) mass is 468 g/mol.